The summed E-state index contributed by atoms with van der Waals surface area (Å²) in [4.78, 5) is 41.9. The molecule has 41 heavy (non-hydrogen) atoms. The Morgan fingerprint density at radius 3 is 2.63 bits per heavy atom. The fraction of sp³-hybridized carbons (Fsp3) is 0.667. The molecule has 5 N–H and O–H groups in total. The molecule has 3 saturated heterocycles. The molecule has 1 aliphatic carbocycles. The van der Waals surface area contributed by atoms with E-state index in [1.165, 1.54) is 10.9 Å². The number of aliphatic hydroxyl groups excluding tert-OH is 2. The van der Waals surface area contributed by atoms with Crippen molar-refractivity contribution in [2.24, 2.45) is 5.92 Å². The average molecular weight is 569 g/mol. The maximum Gasteiger partial charge on any atom is 0.410 e. The molecule has 1 saturated carbocycles. The lowest BCUT2D eigenvalue weighted by Crippen LogP contribution is -2.43. The van der Waals surface area contributed by atoms with Crippen LogP contribution >= 0.6 is 0 Å². The molecule has 1 unspecified atom stereocenters. The number of aromatic nitrogens is 4. The molecule has 0 bridgehead atoms. The fourth-order valence-corrected chi connectivity index (χ4v) is 5.60. The third kappa shape index (κ3) is 5.94. The van der Waals surface area contributed by atoms with Crippen molar-refractivity contribution in [3.8, 4) is 11.8 Å². The van der Waals surface area contributed by atoms with E-state index in [1.54, 1.807) is 4.90 Å². The van der Waals surface area contributed by atoms with Gasteiger partial charge in [-0.25, -0.2) is 19.7 Å². The topological polar surface area (TPSA) is 181 Å². The Morgan fingerprint density at radius 1 is 1.15 bits per heavy atom. The number of nitrogens with zero attached hydrogens (tertiary/aromatic N) is 6. The van der Waals surface area contributed by atoms with Crippen LogP contribution in [0.3, 0.4) is 0 Å². The van der Waals surface area contributed by atoms with Gasteiger partial charge < -0.3 is 40.5 Å². The van der Waals surface area contributed by atoms with E-state index < -0.39 is 30.4 Å². The number of hydrogen-bond acceptors (Lipinski definition) is 11. The third-order valence-electron chi connectivity index (χ3n) is 8.22. The van der Waals surface area contributed by atoms with Crippen LogP contribution in [0.2, 0.25) is 0 Å². The van der Waals surface area contributed by atoms with E-state index in [9.17, 15) is 19.8 Å². The Bertz CT molecular complexity index is 1360. The quantitative estimate of drug-likeness (QED) is 0.345. The number of nitrogen functional groups attached to an aromatic ring is 1. The van der Waals surface area contributed by atoms with Gasteiger partial charge in [0.25, 0.3) is 5.91 Å². The van der Waals surface area contributed by atoms with Crippen LogP contribution in [-0.2, 0) is 14.3 Å². The van der Waals surface area contributed by atoms with E-state index >= 15 is 0 Å². The normalized spacial score (nSPS) is 29.0. The number of likely N-dealkylation sites (N-methyl/N-ethyl adjacent to an activating group) is 1. The lowest BCUT2D eigenvalue weighted by atomic mass is 9.94. The zero-order valence-corrected chi connectivity index (χ0v) is 23.0. The highest BCUT2D eigenvalue weighted by atomic mass is 16.6. The summed E-state index contributed by atoms with van der Waals surface area (Å²) in [6.07, 6.45) is 0.958. The van der Waals surface area contributed by atoms with Crippen LogP contribution in [0.25, 0.3) is 11.2 Å². The number of likely N-dealkylation sites (tertiary alicyclic amines) is 2. The van der Waals surface area contributed by atoms with E-state index in [2.05, 4.69) is 37.0 Å². The van der Waals surface area contributed by atoms with Crippen LogP contribution in [0, 0.1) is 17.8 Å². The highest BCUT2D eigenvalue weighted by Crippen LogP contribution is 2.33. The summed E-state index contributed by atoms with van der Waals surface area (Å²) in [5, 5.41) is 24.0. The minimum absolute atomic E-state index is 0.0287. The van der Waals surface area contributed by atoms with Crippen molar-refractivity contribution >= 4 is 29.0 Å². The Hall–Kier alpha value is -3.51. The van der Waals surface area contributed by atoms with Gasteiger partial charge in [0.1, 0.15) is 23.8 Å². The van der Waals surface area contributed by atoms with E-state index in [0.29, 0.717) is 30.9 Å². The van der Waals surface area contributed by atoms with Crippen LogP contribution in [0.4, 0.5) is 10.6 Å². The van der Waals surface area contributed by atoms with E-state index in [4.69, 9.17) is 15.2 Å². The van der Waals surface area contributed by atoms with Crippen molar-refractivity contribution in [1.82, 2.24) is 34.6 Å². The van der Waals surface area contributed by atoms with Gasteiger partial charge in [-0.05, 0) is 51.0 Å². The average Bonchev–Trinajstić information content (AvgIpc) is 3.38. The molecular weight excluding hydrogens is 532 g/mol. The summed E-state index contributed by atoms with van der Waals surface area (Å²) < 4.78 is 12.9. The summed E-state index contributed by atoms with van der Waals surface area (Å²) in [5.41, 5.74) is 6.71. The van der Waals surface area contributed by atoms with Gasteiger partial charge in [-0.3, -0.25) is 9.36 Å². The number of amides is 2. The minimum Gasteiger partial charge on any atom is -0.445 e. The predicted octanol–water partition coefficient (Wildman–Crippen LogP) is -0.399. The number of piperidine rings is 1. The molecule has 6 rings (SSSR count). The number of hydrogen-bond donors (Lipinski definition) is 4. The molecule has 2 aromatic heterocycles. The summed E-state index contributed by atoms with van der Waals surface area (Å²) >= 11 is 0. The zero-order chi connectivity index (χ0) is 28.7. The molecule has 5 atom stereocenters. The predicted molar refractivity (Wildman–Crippen MR) is 145 cm³/mol. The standard InChI is InChI=1S/C27H36N8O6/c1-33-10-9-17(13-33)40-27(39)34-11-7-15(8-12-34)3-2-4-18-31-23(28)19-24(32-18)35(14-29-19)26-21(37)20(36)22(41-26)25(38)30-16-5-6-16/h14-17,20-22,26,36-37H,3,5-13H2,1H3,(H,30,38)(H2,28,31,32)/t17?,20-,21+,22-,26+/m0/s1. The monoisotopic (exact) mass is 568 g/mol. The maximum absolute atomic E-state index is 12.5. The number of imidazole rings is 1. The summed E-state index contributed by atoms with van der Waals surface area (Å²) in [5.74, 6) is 6.29. The van der Waals surface area contributed by atoms with Crippen molar-refractivity contribution in [2.75, 3.05) is 39.0 Å². The van der Waals surface area contributed by atoms with Crippen LogP contribution in [0.15, 0.2) is 6.33 Å². The Kier molecular flexibility index (Phi) is 7.69. The third-order valence-corrected chi connectivity index (χ3v) is 8.22. The zero-order valence-electron chi connectivity index (χ0n) is 23.0. The molecule has 4 aliphatic rings. The number of ether oxygens (including phenoxy) is 2. The maximum atomic E-state index is 12.5. The van der Waals surface area contributed by atoms with Crippen LogP contribution in [0.1, 0.15) is 50.6 Å². The van der Waals surface area contributed by atoms with Crippen molar-refractivity contribution in [1.29, 1.82) is 0 Å². The molecule has 3 aliphatic heterocycles. The van der Waals surface area contributed by atoms with Gasteiger partial charge in [0, 0.05) is 38.6 Å². The molecule has 0 radical (unpaired) electrons. The lowest BCUT2D eigenvalue weighted by molar-refractivity contribution is -0.137. The number of fused-ring (bicyclic) bond motifs is 1. The summed E-state index contributed by atoms with van der Waals surface area (Å²) in [7, 11) is 2.03. The van der Waals surface area contributed by atoms with Crippen molar-refractivity contribution < 1.29 is 29.3 Å². The molecule has 0 spiro atoms. The first-order valence-electron chi connectivity index (χ1n) is 14.2. The number of aliphatic hydroxyl groups is 2. The number of carbonyl (C=O) groups excluding carboxylic acids is 2. The molecule has 220 valence electrons. The Labute approximate surface area is 237 Å². The number of nitrogens with two attached hydrogens (primary N) is 1. The summed E-state index contributed by atoms with van der Waals surface area (Å²) in [6.45, 7) is 3.00. The summed E-state index contributed by atoms with van der Waals surface area (Å²) in [6, 6.07) is 0.0883. The molecule has 14 nitrogen and oxygen atoms in total. The first-order chi connectivity index (χ1) is 19.8. The highest BCUT2D eigenvalue weighted by molar-refractivity contribution is 5.83. The number of carbonyl (C=O) groups is 2. The molecule has 0 aromatic carbocycles. The van der Waals surface area contributed by atoms with Gasteiger partial charge >= 0.3 is 6.09 Å². The Morgan fingerprint density at radius 2 is 1.93 bits per heavy atom. The van der Waals surface area contributed by atoms with Crippen molar-refractivity contribution in [3.63, 3.8) is 0 Å². The second-order valence-electron chi connectivity index (χ2n) is 11.5. The molecule has 4 fully saturated rings. The van der Waals surface area contributed by atoms with E-state index in [-0.39, 0.29) is 35.5 Å². The molecular formula is C27H36N8O6. The number of nitrogens with one attached hydrogen (secondary N) is 1. The highest BCUT2D eigenvalue weighted by Gasteiger charge is 2.48. The van der Waals surface area contributed by atoms with Gasteiger partial charge in [0.05, 0.1) is 6.33 Å². The second kappa shape index (κ2) is 11.4. The minimum atomic E-state index is -1.41. The SMILES string of the molecule is CN1CCC(OC(=O)N2CCC(CC#Cc3nc(N)c4ncn([C@@H]5O[C@H](C(=O)NC6CC6)[C@@H](O)[C@H]5O)c4n3)CC2)C1. The van der Waals surface area contributed by atoms with Crippen LogP contribution in [-0.4, -0.2) is 115 Å². The fourth-order valence-electron chi connectivity index (χ4n) is 5.60. The van der Waals surface area contributed by atoms with Gasteiger partial charge in [-0.1, -0.05) is 5.92 Å². The van der Waals surface area contributed by atoms with E-state index in [1.807, 2.05) is 7.05 Å². The van der Waals surface area contributed by atoms with Gasteiger partial charge in [0.15, 0.2) is 23.8 Å². The molecule has 2 amide bonds. The van der Waals surface area contributed by atoms with Crippen molar-refractivity contribution in [2.45, 2.75) is 75.2 Å². The Balaban J connectivity index is 1.07. The van der Waals surface area contributed by atoms with Crippen molar-refractivity contribution in [3.05, 3.63) is 12.2 Å². The first kappa shape index (κ1) is 27.6. The van der Waals surface area contributed by atoms with Gasteiger partial charge in [-0.15, -0.1) is 0 Å². The van der Waals surface area contributed by atoms with Crippen LogP contribution < -0.4 is 11.1 Å². The van der Waals surface area contributed by atoms with Gasteiger partial charge in [-0.2, -0.15) is 0 Å². The number of rotatable bonds is 5. The smallest absolute Gasteiger partial charge is 0.410 e. The second-order valence-corrected chi connectivity index (χ2v) is 11.5. The largest absolute Gasteiger partial charge is 0.445 e. The molecule has 2 aromatic rings. The lowest BCUT2D eigenvalue weighted by Gasteiger charge is -2.31. The van der Waals surface area contributed by atoms with Gasteiger partial charge in [0.2, 0.25) is 5.82 Å². The first-order valence-corrected chi connectivity index (χ1v) is 14.2. The van der Waals surface area contributed by atoms with E-state index in [0.717, 1.165) is 45.2 Å². The van der Waals surface area contributed by atoms with Crippen LogP contribution in [0.5, 0.6) is 0 Å². The molecule has 14 heteroatoms. The molecule has 5 heterocycles. The number of anilines is 1.